The van der Waals surface area contributed by atoms with Crippen molar-refractivity contribution in [1.82, 2.24) is 14.5 Å². The Balaban J connectivity index is 1.55. The van der Waals surface area contributed by atoms with Crippen LogP contribution in [0.25, 0.3) is 11.0 Å². The van der Waals surface area contributed by atoms with E-state index in [1.807, 2.05) is 42.5 Å². The molecule has 5 rings (SSSR count). The number of nitrogens with zero attached hydrogens (tertiary/aromatic N) is 4. The standard InChI is InChI=1S/C23H18FN5O2/c24-15-6-5-8-16(12-15)26-22(31)20-13-21(30)28(14-17-7-3-4-11-25-17)23-27-18-9-1-2-10-19(18)29(20)23/h1-12,20H,13-14H2,(H,26,31)/t20-/m0/s1. The highest BCUT2D eigenvalue weighted by Crippen LogP contribution is 2.35. The SMILES string of the molecule is O=C(Nc1cccc(F)c1)[C@@H]1CC(=O)N(Cc2ccccn2)c2nc3ccccc3n21. The van der Waals surface area contributed by atoms with E-state index in [0.717, 1.165) is 11.2 Å². The van der Waals surface area contributed by atoms with Crippen LogP contribution in [0.5, 0.6) is 0 Å². The molecule has 1 N–H and O–H groups in total. The predicted octanol–water partition coefficient (Wildman–Crippen LogP) is 3.69. The van der Waals surface area contributed by atoms with E-state index in [2.05, 4.69) is 15.3 Å². The van der Waals surface area contributed by atoms with Gasteiger partial charge >= 0.3 is 0 Å². The number of pyridine rings is 1. The van der Waals surface area contributed by atoms with Crippen molar-refractivity contribution in [2.75, 3.05) is 10.2 Å². The van der Waals surface area contributed by atoms with E-state index >= 15 is 0 Å². The lowest BCUT2D eigenvalue weighted by atomic mass is 10.1. The molecule has 2 amide bonds. The third-order valence-electron chi connectivity index (χ3n) is 5.24. The van der Waals surface area contributed by atoms with E-state index in [4.69, 9.17) is 0 Å². The average Bonchev–Trinajstić information content (AvgIpc) is 3.16. The minimum atomic E-state index is -0.807. The van der Waals surface area contributed by atoms with Gasteiger partial charge in [-0.2, -0.15) is 0 Å². The summed E-state index contributed by atoms with van der Waals surface area (Å²) in [7, 11) is 0. The van der Waals surface area contributed by atoms with Gasteiger partial charge in [-0.3, -0.25) is 24.0 Å². The molecule has 4 aromatic rings. The Morgan fingerprint density at radius 2 is 1.94 bits per heavy atom. The highest BCUT2D eigenvalue weighted by Gasteiger charge is 2.37. The summed E-state index contributed by atoms with van der Waals surface area (Å²) < 4.78 is 15.3. The Hall–Kier alpha value is -4.07. The van der Waals surface area contributed by atoms with Crippen molar-refractivity contribution in [1.29, 1.82) is 0 Å². The Bertz CT molecular complexity index is 1290. The van der Waals surface area contributed by atoms with Gasteiger partial charge in [0.05, 0.1) is 29.7 Å². The van der Waals surface area contributed by atoms with Gasteiger partial charge in [-0.1, -0.05) is 24.3 Å². The summed E-state index contributed by atoms with van der Waals surface area (Å²) in [6.45, 7) is 0.251. The second kappa shape index (κ2) is 7.64. The molecule has 1 atom stereocenters. The molecule has 0 fully saturated rings. The average molecular weight is 415 g/mol. The van der Waals surface area contributed by atoms with E-state index < -0.39 is 17.8 Å². The number of hydrogen-bond donors (Lipinski definition) is 1. The smallest absolute Gasteiger partial charge is 0.248 e. The maximum atomic E-state index is 13.5. The number of aromatic nitrogens is 3. The van der Waals surface area contributed by atoms with Crippen molar-refractivity contribution < 1.29 is 14.0 Å². The molecule has 1 aliphatic heterocycles. The molecule has 31 heavy (non-hydrogen) atoms. The lowest BCUT2D eigenvalue weighted by Gasteiger charge is -2.32. The molecular formula is C23H18FN5O2. The molecule has 0 unspecified atom stereocenters. The molecular weight excluding hydrogens is 397 g/mol. The number of carbonyl (C=O) groups excluding carboxylic acids is 2. The molecule has 0 aliphatic carbocycles. The molecule has 0 saturated heterocycles. The normalized spacial score (nSPS) is 15.7. The fourth-order valence-electron chi connectivity index (χ4n) is 3.82. The van der Waals surface area contributed by atoms with Crippen LogP contribution in [-0.4, -0.2) is 26.3 Å². The van der Waals surface area contributed by atoms with Gasteiger partial charge in [0, 0.05) is 11.9 Å². The van der Waals surface area contributed by atoms with Crippen LogP contribution >= 0.6 is 0 Å². The first-order chi connectivity index (χ1) is 15.1. The van der Waals surface area contributed by atoms with Crippen LogP contribution in [0.4, 0.5) is 16.0 Å². The number of halogens is 1. The molecule has 1 aliphatic rings. The fraction of sp³-hybridized carbons (Fsp3) is 0.130. The number of amides is 2. The summed E-state index contributed by atoms with van der Waals surface area (Å²) in [6.07, 6.45) is 1.63. The van der Waals surface area contributed by atoms with E-state index in [0.29, 0.717) is 17.2 Å². The number of carbonyl (C=O) groups is 2. The molecule has 0 bridgehead atoms. The zero-order valence-corrected chi connectivity index (χ0v) is 16.4. The lowest BCUT2D eigenvalue weighted by Crippen LogP contribution is -2.42. The van der Waals surface area contributed by atoms with Gasteiger partial charge in [-0.25, -0.2) is 9.37 Å². The minimum Gasteiger partial charge on any atom is -0.324 e. The number of para-hydroxylation sites is 2. The first-order valence-electron chi connectivity index (χ1n) is 9.84. The number of imidazole rings is 1. The fourth-order valence-corrected chi connectivity index (χ4v) is 3.82. The van der Waals surface area contributed by atoms with E-state index in [-0.39, 0.29) is 18.9 Å². The Morgan fingerprint density at radius 3 is 2.74 bits per heavy atom. The van der Waals surface area contributed by atoms with Gasteiger partial charge in [0.2, 0.25) is 17.8 Å². The molecule has 2 aromatic heterocycles. The highest BCUT2D eigenvalue weighted by molar-refractivity contribution is 6.03. The van der Waals surface area contributed by atoms with Crippen LogP contribution in [0, 0.1) is 5.82 Å². The summed E-state index contributed by atoms with van der Waals surface area (Å²) in [6, 6.07) is 17.8. The first kappa shape index (κ1) is 18.9. The molecule has 0 radical (unpaired) electrons. The number of benzene rings is 2. The third kappa shape index (κ3) is 3.52. The van der Waals surface area contributed by atoms with Crippen LogP contribution in [0.3, 0.4) is 0 Å². The van der Waals surface area contributed by atoms with Crippen molar-refractivity contribution in [3.63, 3.8) is 0 Å². The lowest BCUT2D eigenvalue weighted by molar-refractivity contribution is -0.126. The van der Waals surface area contributed by atoms with Crippen LogP contribution in [0.15, 0.2) is 72.9 Å². The second-order valence-electron chi connectivity index (χ2n) is 7.29. The number of hydrogen-bond acceptors (Lipinski definition) is 4. The Kier molecular flexibility index (Phi) is 4.66. The molecule has 0 saturated carbocycles. The van der Waals surface area contributed by atoms with Crippen molar-refractivity contribution in [2.45, 2.75) is 19.0 Å². The molecule has 7 nitrogen and oxygen atoms in total. The summed E-state index contributed by atoms with van der Waals surface area (Å²) >= 11 is 0. The predicted molar refractivity (Wildman–Crippen MR) is 114 cm³/mol. The molecule has 2 aromatic carbocycles. The zero-order chi connectivity index (χ0) is 21.4. The monoisotopic (exact) mass is 415 g/mol. The summed E-state index contributed by atoms with van der Waals surface area (Å²) in [4.78, 5) is 36.7. The van der Waals surface area contributed by atoms with Gasteiger partial charge in [0.25, 0.3) is 0 Å². The number of fused-ring (bicyclic) bond motifs is 3. The van der Waals surface area contributed by atoms with Crippen LogP contribution in [-0.2, 0) is 16.1 Å². The van der Waals surface area contributed by atoms with Crippen LogP contribution in [0.1, 0.15) is 18.2 Å². The van der Waals surface area contributed by atoms with Gasteiger partial charge in [0.15, 0.2) is 0 Å². The highest BCUT2D eigenvalue weighted by atomic mass is 19.1. The molecule has 8 heteroatoms. The molecule has 3 heterocycles. The molecule has 154 valence electrons. The number of anilines is 2. The van der Waals surface area contributed by atoms with Crippen molar-refractivity contribution in [2.24, 2.45) is 0 Å². The first-order valence-corrected chi connectivity index (χ1v) is 9.84. The van der Waals surface area contributed by atoms with Gasteiger partial charge in [-0.05, 0) is 42.5 Å². The van der Waals surface area contributed by atoms with Crippen LogP contribution in [0.2, 0.25) is 0 Å². The minimum absolute atomic E-state index is 0.0403. The molecule has 0 spiro atoms. The summed E-state index contributed by atoms with van der Waals surface area (Å²) in [5.74, 6) is -0.691. The largest absolute Gasteiger partial charge is 0.324 e. The maximum Gasteiger partial charge on any atom is 0.248 e. The Morgan fingerprint density at radius 1 is 1.10 bits per heavy atom. The van der Waals surface area contributed by atoms with Crippen molar-refractivity contribution in [3.8, 4) is 0 Å². The van der Waals surface area contributed by atoms with Crippen molar-refractivity contribution >= 4 is 34.5 Å². The number of rotatable bonds is 4. The summed E-state index contributed by atoms with van der Waals surface area (Å²) in [5.41, 5.74) is 2.48. The number of nitrogens with one attached hydrogen (secondary N) is 1. The summed E-state index contributed by atoms with van der Waals surface area (Å²) in [5, 5.41) is 2.72. The quantitative estimate of drug-likeness (QED) is 0.551. The Labute approximate surface area is 177 Å². The topological polar surface area (TPSA) is 80.1 Å². The van der Waals surface area contributed by atoms with Crippen molar-refractivity contribution in [3.05, 3.63) is 84.4 Å². The second-order valence-corrected chi connectivity index (χ2v) is 7.29. The van der Waals surface area contributed by atoms with Gasteiger partial charge < -0.3 is 5.32 Å². The third-order valence-corrected chi connectivity index (χ3v) is 5.24. The van der Waals surface area contributed by atoms with Gasteiger partial charge in [0.1, 0.15) is 11.9 Å². The van der Waals surface area contributed by atoms with Crippen LogP contribution < -0.4 is 10.2 Å². The van der Waals surface area contributed by atoms with Gasteiger partial charge in [-0.15, -0.1) is 0 Å². The zero-order valence-electron chi connectivity index (χ0n) is 16.4. The van der Waals surface area contributed by atoms with E-state index in [1.54, 1.807) is 21.7 Å². The maximum absolute atomic E-state index is 13.5. The van der Waals surface area contributed by atoms with E-state index in [1.165, 1.54) is 18.2 Å². The van der Waals surface area contributed by atoms with E-state index in [9.17, 15) is 14.0 Å².